The molecular formula is C19H21ClN4OS. The molecule has 1 aliphatic rings. The minimum Gasteiger partial charge on any atom is -0.334 e. The highest BCUT2D eigenvalue weighted by Crippen LogP contribution is 2.32. The lowest BCUT2D eigenvalue weighted by Gasteiger charge is -2.34. The van der Waals surface area contributed by atoms with Crippen molar-refractivity contribution in [2.75, 3.05) is 13.1 Å². The maximum atomic E-state index is 13.1. The summed E-state index contributed by atoms with van der Waals surface area (Å²) < 4.78 is 1.89. The van der Waals surface area contributed by atoms with E-state index in [0.717, 1.165) is 52.3 Å². The summed E-state index contributed by atoms with van der Waals surface area (Å²) in [4.78, 5) is 16.8. The van der Waals surface area contributed by atoms with Crippen LogP contribution in [-0.4, -0.2) is 39.7 Å². The number of aryl methyl sites for hydroxylation is 1. The van der Waals surface area contributed by atoms with E-state index in [4.69, 9.17) is 17.3 Å². The first-order valence-electron chi connectivity index (χ1n) is 8.84. The van der Waals surface area contributed by atoms with Crippen molar-refractivity contribution in [2.24, 2.45) is 5.73 Å². The van der Waals surface area contributed by atoms with Crippen LogP contribution in [0.25, 0.3) is 15.9 Å². The fourth-order valence-electron chi connectivity index (χ4n) is 3.56. The first-order chi connectivity index (χ1) is 12.6. The van der Waals surface area contributed by atoms with Crippen LogP contribution in [-0.2, 0) is 0 Å². The molecule has 1 saturated heterocycles. The molecule has 4 rings (SSSR count). The Hall–Kier alpha value is -1.89. The smallest absolute Gasteiger partial charge is 0.264 e. The van der Waals surface area contributed by atoms with Crippen molar-refractivity contribution >= 4 is 39.1 Å². The highest BCUT2D eigenvalue weighted by molar-refractivity contribution is 7.20. The Morgan fingerprint density at radius 1 is 1.35 bits per heavy atom. The lowest BCUT2D eigenvalue weighted by Crippen LogP contribution is -2.47. The molecule has 26 heavy (non-hydrogen) atoms. The van der Waals surface area contributed by atoms with Gasteiger partial charge in [0.25, 0.3) is 5.91 Å². The molecule has 1 aromatic carbocycles. The second-order valence-electron chi connectivity index (χ2n) is 6.69. The van der Waals surface area contributed by atoms with E-state index in [1.807, 2.05) is 46.8 Å². The van der Waals surface area contributed by atoms with Crippen molar-refractivity contribution in [3.05, 3.63) is 45.9 Å². The first kappa shape index (κ1) is 17.5. The molecule has 136 valence electrons. The van der Waals surface area contributed by atoms with Gasteiger partial charge in [-0.05, 0) is 56.5 Å². The highest BCUT2D eigenvalue weighted by Gasteiger charge is 2.28. The zero-order valence-electron chi connectivity index (χ0n) is 14.6. The number of carbonyl (C=O) groups excluding carboxylic acids is 1. The third-order valence-electron chi connectivity index (χ3n) is 4.99. The summed E-state index contributed by atoms with van der Waals surface area (Å²) in [5.74, 6) is 0.0865. The Labute approximate surface area is 161 Å². The summed E-state index contributed by atoms with van der Waals surface area (Å²) in [6.07, 6.45) is 3.18. The predicted molar refractivity (Wildman–Crippen MR) is 106 cm³/mol. The molecule has 7 heteroatoms. The lowest BCUT2D eigenvalue weighted by molar-refractivity contribution is 0.0628. The van der Waals surface area contributed by atoms with Gasteiger partial charge in [0.15, 0.2) is 0 Å². The largest absolute Gasteiger partial charge is 0.334 e. The number of halogens is 1. The maximum Gasteiger partial charge on any atom is 0.264 e. The molecule has 2 N–H and O–H groups in total. The van der Waals surface area contributed by atoms with Gasteiger partial charge in [-0.15, -0.1) is 11.3 Å². The summed E-state index contributed by atoms with van der Waals surface area (Å²) in [6, 6.07) is 9.68. The first-order valence-corrected chi connectivity index (χ1v) is 10.0. The summed E-state index contributed by atoms with van der Waals surface area (Å²) in [6.45, 7) is 3.28. The minimum absolute atomic E-state index is 0.0865. The molecule has 0 radical (unpaired) electrons. The van der Waals surface area contributed by atoms with Gasteiger partial charge in [-0.25, -0.2) is 4.68 Å². The van der Waals surface area contributed by atoms with Gasteiger partial charge in [0.2, 0.25) is 0 Å². The van der Waals surface area contributed by atoms with Crippen LogP contribution in [0.2, 0.25) is 5.02 Å². The molecule has 5 nitrogen and oxygen atoms in total. The zero-order valence-corrected chi connectivity index (χ0v) is 16.2. The van der Waals surface area contributed by atoms with Gasteiger partial charge < -0.3 is 10.6 Å². The van der Waals surface area contributed by atoms with Crippen molar-refractivity contribution in [1.29, 1.82) is 0 Å². The van der Waals surface area contributed by atoms with E-state index in [9.17, 15) is 4.79 Å². The van der Waals surface area contributed by atoms with Crippen molar-refractivity contribution in [1.82, 2.24) is 14.7 Å². The number of piperidine rings is 1. The van der Waals surface area contributed by atoms with Crippen molar-refractivity contribution < 1.29 is 4.79 Å². The number of hydrogen-bond acceptors (Lipinski definition) is 4. The Kier molecular flexibility index (Phi) is 4.73. The number of nitrogens with two attached hydrogens (primary N) is 1. The number of likely N-dealkylation sites (tertiary alicyclic amines) is 1. The van der Waals surface area contributed by atoms with E-state index in [1.165, 1.54) is 11.3 Å². The molecule has 1 unspecified atom stereocenters. The van der Waals surface area contributed by atoms with Gasteiger partial charge in [0, 0.05) is 29.5 Å². The van der Waals surface area contributed by atoms with Crippen LogP contribution >= 0.6 is 22.9 Å². The molecular weight excluding hydrogens is 368 g/mol. The monoisotopic (exact) mass is 388 g/mol. The number of carbonyl (C=O) groups is 1. The van der Waals surface area contributed by atoms with Crippen molar-refractivity contribution in [3.63, 3.8) is 0 Å². The molecule has 1 atom stereocenters. The normalized spacial score (nSPS) is 17.8. The van der Waals surface area contributed by atoms with Crippen LogP contribution in [0.1, 0.15) is 34.6 Å². The van der Waals surface area contributed by atoms with Gasteiger partial charge in [-0.1, -0.05) is 11.6 Å². The number of nitrogens with zero attached hydrogens (tertiary/aromatic N) is 3. The van der Waals surface area contributed by atoms with E-state index < -0.39 is 0 Å². The standard InChI is InChI=1S/C19H21ClN4OS/c1-12-16-10-17(18(25)23-9-3-2-4-15(23)11-21)26-19(16)24(22-12)14-7-5-13(20)6-8-14/h5-8,10,15H,2-4,9,11,21H2,1H3. The second-order valence-corrected chi connectivity index (χ2v) is 8.15. The maximum absolute atomic E-state index is 13.1. The van der Waals surface area contributed by atoms with Gasteiger partial charge in [-0.3, -0.25) is 4.79 Å². The Morgan fingerprint density at radius 3 is 2.85 bits per heavy atom. The molecule has 0 saturated carbocycles. The Morgan fingerprint density at radius 2 is 2.12 bits per heavy atom. The summed E-state index contributed by atoms with van der Waals surface area (Å²) >= 11 is 7.49. The number of fused-ring (bicyclic) bond motifs is 1. The quantitative estimate of drug-likeness (QED) is 0.737. The Balaban J connectivity index is 1.72. The molecule has 0 spiro atoms. The van der Waals surface area contributed by atoms with E-state index in [2.05, 4.69) is 5.10 Å². The number of amides is 1. The fraction of sp³-hybridized carbons (Fsp3) is 0.368. The predicted octanol–water partition coefficient (Wildman–Crippen LogP) is 4.00. The number of hydrogen-bond donors (Lipinski definition) is 1. The molecule has 2 aromatic heterocycles. The number of thiophene rings is 1. The molecule has 0 bridgehead atoms. The van der Waals surface area contributed by atoms with Gasteiger partial charge in [0.1, 0.15) is 4.83 Å². The summed E-state index contributed by atoms with van der Waals surface area (Å²) in [7, 11) is 0. The molecule has 3 heterocycles. The molecule has 3 aromatic rings. The number of rotatable bonds is 3. The average molecular weight is 389 g/mol. The zero-order chi connectivity index (χ0) is 18.3. The van der Waals surface area contributed by atoms with Gasteiger partial charge in [0.05, 0.1) is 16.3 Å². The third kappa shape index (κ3) is 3.02. The summed E-state index contributed by atoms with van der Waals surface area (Å²) in [5.41, 5.74) is 7.74. The van der Waals surface area contributed by atoms with Crippen molar-refractivity contribution in [2.45, 2.75) is 32.2 Å². The van der Waals surface area contributed by atoms with Crippen LogP contribution in [0.15, 0.2) is 30.3 Å². The number of benzene rings is 1. The molecule has 1 amide bonds. The van der Waals surface area contributed by atoms with Crippen LogP contribution in [0.3, 0.4) is 0 Å². The SMILES string of the molecule is Cc1nn(-c2ccc(Cl)cc2)c2sc(C(=O)N3CCCCC3CN)cc12. The topological polar surface area (TPSA) is 64.2 Å². The van der Waals surface area contributed by atoms with Crippen LogP contribution in [0, 0.1) is 6.92 Å². The average Bonchev–Trinajstić information content (AvgIpc) is 3.23. The number of aromatic nitrogens is 2. The molecule has 1 aliphatic heterocycles. The Bertz CT molecular complexity index is 947. The van der Waals surface area contributed by atoms with Gasteiger partial charge >= 0.3 is 0 Å². The lowest BCUT2D eigenvalue weighted by atomic mass is 10.0. The van der Waals surface area contributed by atoms with Crippen LogP contribution in [0.5, 0.6) is 0 Å². The van der Waals surface area contributed by atoms with Crippen LogP contribution in [0.4, 0.5) is 0 Å². The third-order valence-corrected chi connectivity index (χ3v) is 6.34. The van der Waals surface area contributed by atoms with E-state index >= 15 is 0 Å². The second kappa shape index (κ2) is 7.02. The fourth-order valence-corrected chi connectivity index (χ4v) is 4.83. The van der Waals surface area contributed by atoms with E-state index in [-0.39, 0.29) is 11.9 Å². The van der Waals surface area contributed by atoms with E-state index in [1.54, 1.807) is 0 Å². The molecule has 1 fully saturated rings. The van der Waals surface area contributed by atoms with E-state index in [0.29, 0.717) is 11.6 Å². The minimum atomic E-state index is 0.0865. The summed E-state index contributed by atoms with van der Waals surface area (Å²) in [5, 5.41) is 6.34. The highest BCUT2D eigenvalue weighted by atomic mass is 35.5. The molecule has 0 aliphatic carbocycles. The van der Waals surface area contributed by atoms with Gasteiger partial charge in [-0.2, -0.15) is 5.10 Å². The van der Waals surface area contributed by atoms with Crippen LogP contribution < -0.4 is 5.73 Å². The van der Waals surface area contributed by atoms with Crippen molar-refractivity contribution in [3.8, 4) is 5.69 Å².